The van der Waals surface area contributed by atoms with E-state index in [9.17, 15) is 14.4 Å². The maximum atomic E-state index is 12.1. The molecule has 0 fully saturated rings. The predicted octanol–water partition coefficient (Wildman–Crippen LogP) is 2.54. The Labute approximate surface area is 163 Å². The fourth-order valence-electron chi connectivity index (χ4n) is 2.44. The third-order valence-corrected chi connectivity index (χ3v) is 3.71. The lowest BCUT2D eigenvalue weighted by atomic mass is 10.1. The molecule has 1 aromatic carbocycles. The van der Waals surface area contributed by atoms with Gasteiger partial charge in [0, 0.05) is 18.2 Å². The van der Waals surface area contributed by atoms with Crippen molar-refractivity contribution in [1.29, 1.82) is 0 Å². The van der Waals surface area contributed by atoms with Crippen molar-refractivity contribution in [2.75, 3.05) is 20.3 Å². The number of pyridine rings is 1. The molecule has 0 saturated heterocycles. The molecule has 0 unspecified atom stereocenters. The molecule has 1 aromatic heterocycles. The van der Waals surface area contributed by atoms with E-state index in [0.717, 1.165) is 5.39 Å². The number of amides is 1. The highest BCUT2D eigenvalue weighted by atomic mass is 16.6. The Balaban J connectivity index is 1.89. The number of rotatable bonds is 7. The van der Waals surface area contributed by atoms with E-state index < -0.39 is 17.7 Å². The van der Waals surface area contributed by atoms with Gasteiger partial charge in [-0.1, -0.05) is 0 Å². The van der Waals surface area contributed by atoms with Crippen molar-refractivity contribution in [2.24, 2.45) is 0 Å². The van der Waals surface area contributed by atoms with Crippen LogP contribution < -0.4 is 15.6 Å². The second-order valence-electron chi connectivity index (χ2n) is 7.26. The third kappa shape index (κ3) is 6.61. The molecular formula is C20H26N2O6. The van der Waals surface area contributed by atoms with E-state index in [4.69, 9.17) is 9.47 Å². The highest BCUT2D eigenvalue weighted by molar-refractivity contribution is 5.82. The molecule has 28 heavy (non-hydrogen) atoms. The Hall–Kier alpha value is -3.03. The Kier molecular flexibility index (Phi) is 7.03. The lowest BCUT2D eigenvalue weighted by Gasteiger charge is -2.19. The number of fused-ring (bicyclic) bond motifs is 1. The van der Waals surface area contributed by atoms with Gasteiger partial charge in [0.1, 0.15) is 11.4 Å². The maximum Gasteiger partial charge on any atom is 0.407 e. The average Bonchev–Trinajstić information content (AvgIpc) is 2.60. The lowest BCUT2D eigenvalue weighted by molar-refractivity contribution is -0.139. The average molecular weight is 390 g/mol. The second kappa shape index (κ2) is 9.25. The number of H-pyrrole nitrogens is 1. The Bertz CT molecular complexity index is 898. The zero-order valence-corrected chi connectivity index (χ0v) is 16.6. The third-order valence-electron chi connectivity index (χ3n) is 3.71. The minimum Gasteiger partial charge on any atom is -0.493 e. The summed E-state index contributed by atoms with van der Waals surface area (Å²) < 4.78 is 15.4. The van der Waals surface area contributed by atoms with Crippen molar-refractivity contribution in [3.63, 3.8) is 0 Å². The summed E-state index contributed by atoms with van der Waals surface area (Å²) >= 11 is 0. The topological polar surface area (TPSA) is 107 Å². The van der Waals surface area contributed by atoms with Crippen LogP contribution in [0.2, 0.25) is 0 Å². The van der Waals surface area contributed by atoms with Crippen molar-refractivity contribution in [3.05, 3.63) is 40.2 Å². The number of carbonyl (C=O) groups is 2. The fourth-order valence-corrected chi connectivity index (χ4v) is 2.44. The van der Waals surface area contributed by atoms with Gasteiger partial charge in [0.25, 0.3) is 5.56 Å². The second-order valence-corrected chi connectivity index (χ2v) is 7.26. The summed E-state index contributed by atoms with van der Waals surface area (Å²) in [5.41, 5.74) is 0.0973. The van der Waals surface area contributed by atoms with E-state index in [2.05, 4.69) is 15.0 Å². The molecule has 0 atom stereocenters. The molecule has 2 N–H and O–H groups in total. The summed E-state index contributed by atoms with van der Waals surface area (Å²) in [5.74, 6) is 0.130. The van der Waals surface area contributed by atoms with Gasteiger partial charge in [-0.3, -0.25) is 9.59 Å². The van der Waals surface area contributed by atoms with Crippen LogP contribution in [0.5, 0.6) is 5.75 Å². The molecule has 0 aliphatic carbocycles. The molecule has 1 amide bonds. The number of alkyl carbamates (subject to hydrolysis) is 1. The van der Waals surface area contributed by atoms with Gasteiger partial charge < -0.3 is 24.5 Å². The van der Waals surface area contributed by atoms with Crippen molar-refractivity contribution in [3.8, 4) is 5.75 Å². The fraction of sp³-hybridized carbons (Fsp3) is 0.450. The number of aromatic nitrogens is 1. The van der Waals surface area contributed by atoms with Gasteiger partial charge in [-0.15, -0.1) is 0 Å². The van der Waals surface area contributed by atoms with E-state index in [1.165, 1.54) is 7.11 Å². The number of aromatic amines is 1. The van der Waals surface area contributed by atoms with Gasteiger partial charge in [-0.2, -0.15) is 0 Å². The van der Waals surface area contributed by atoms with Crippen LogP contribution in [-0.4, -0.2) is 42.9 Å². The molecule has 8 nitrogen and oxygen atoms in total. The highest BCUT2D eigenvalue weighted by Crippen LogP contribution is 2.19. The Morgan fingerprint density at radius 2 is 1.93 bits per heavy atom. The normalized spacial score (nSPS) is 11.1. The molecule has 0 radical (unpaired) electrons. The zero-order valence-electron chi connectivity index (χ0n) is 16.6. The minimum absolute atomic E-state index is 0.0787. The number of methoxy groups -OCH3 is 1. The molecule has 0 aliphatic rings. The van der Waals surface area contributed by atoms with Crippen LogP contribution in [0.25, 0.3) is 10.9 Å². The molecule has 0 aliphatic heterocycles. The molecule has 2 aromatic rings. The van der Waals surface area contributed by atoms with Crippen LogP contribution in [-0.2, 0) is 20.7 Å². The van der Waals surface area contributed by atoms with Crippen LogP contribution in [0, 0.1) is 0 Å². The van der Waals surface area contributed by atoms with Crippen LogP contribution in [0.15, 0.2) is 29.1 Å². The van der Waals surface area contributed by atoms with Crippen molar-refractivity contribution < 1.29 is 23.8 Å². The standard InChI is InChI=1S/C20H26N2O6/c1-20(2,3)28-19(25)21-8-5-9-27-15-7-6-13-10-14(11-17(23)26-4)18(24)22-16(13)12-15/h6-7,10,12H,5,8-9,11H2,1-4H3,(H,21,25)(H,22,24). The number of esters is 1. The summed E-state index contributed by atoms with van der Waals surface area (Å²) in [6.07, 6.45) is 0.0647. The smallest absolute Gasteiger partial charge is 0.407 e. The van der Waals surface area contributed by atoms with Crippen LogP contribution in [0.1, 0.15) is 32.8 Å². The SMILES string of the molecule is COC(=O)Cc1cc2ccc(OCCCNC(=O)OC(C)(C)C)cc2[nH]c1=O. The molecule has 1 heterocycles. The molecule has 8 heteroatoms. The molecular weight excluding hydrogens is 364 g/mol. The quantitative estimate of drug-likeness (QED) is 0.556. The van der Waals surface area contributed by atoms with E-state index in [1.54, 1.807) is 45.0 Å². The van der Waals surface area contributed by atoms with Crippen molar-refractivity contribution >= 4 is 23.0 Å². The lowest BCUT2D eigenvalue weighted by Crippen LogP contribution is -2.33. The summed E-state index contributed by atoms with van der Waals surface area (Å²) in [6, 6.07) is 6.98. The molecule has 0 saturated carbocycles. The number of nitrogens with one attached hydrogen (secondary N) is 2. The van der Waals surface area contributed by atoms with Crippen molar-refractivity contribution in [1.82, 2.24) is 10.3 Å². The van der Waals surface area contributed by atoms with Crippen molar-refractivity contribution in [2.45, 2.75) is 39.2 Å². The first-order valence-corrected chi connectivity index (χ1v) is 9.00. The monoisotopic (exact) mass is 390 g/mol. The first kappa shape index (κ1) is 21.3. The van der Waals surface area contributed by atoms with Gasteiger partial charge in [0.05, 0.1) is 25.7 Å². The number of ether oxygens (including phenoxy) is 3. The van der Waals surface area contributed by atoms with Crippen LogP contribution in [0.4, 0.5) is 4.79 Å². The van der Waals surface area contributed by atoms with Gasteiger partial charge in [0.15, 0.2) is 0 Å². The van der Waals surface area contributed by atoms with Gasteiger partial charge in [-0.05, 0) is 50.8 Å². The first-order chi connectivity index (χ1) is 13.2. The van der Waals surface area contributed by atoms with E-state index >= 15 is 0 Å². The molecule has 152 valence electrons. The summed E-state index contributed by atoms with van der Waals surface area (Å²) in [5, 5.41) is 3.45. The Morgan fingerprint density at radius 3 is 2.61 bits per heavy atom. The van der Waals surface area contributed by atoms with Gasteiger partial charge in [-0.25, -0.2) is 4.79 Å². The first-order valence-electron chi connectivity index (χ1n) is 9.00. The predicted molar refractivity (Wildman–Crippen MR) is 105 cm³/mol. The van der Waals surface area contributed by atoms with E-state index in [1.807, 2.05) is 0 Å². The number of hydrogen-bond acceptors (Lipinski definition) is 6. The number of carbonyl (C=O) groups excluding carboxylic acids is 2. The Morgan fingerprint density at radius 1 is 1.18 bits per heavy atom. The van der Waals surface area contributed by atoms with E-state index in [0.29, 0.717) is 36.4 Å². The largest absolute Gasteiger partial charge is 0.493 e. The zero-order chi connectivity index (χ0) is 20.7. The maximum absolute atomic E-state index is 12.1. The summed E-state index contributed by atoms with van der Waals surface area (Å²) in [4.78, 5) is 37.8. The minimum atomic E-state index is -0.528. The van der Waals surface area contributed by atoms with Crippen LogP contribution in [0.3, 0.4) is 0 Å². The van der Waals surface area contributed by atoms with Gasteiger partial charge >= 0.3 is 12.1 Å². The molecule has 0 spiro atoms. The van der Waals surface area contributed by atoms with E-state index in [-0.39, 0.29) is 12.0 Å². The number of hydrogen-bond donors (Lipinski definition) is 2. The van der Waals surface area contributed by atoms with Crippen LogP contribution >= 0.6 is 0 Å². The van der Waals surface area contributed by atoms with Gasteiger partial charge in [0.2, 0.25) is 0 Å². The summed E-state index contributed by atoms with van der Waals surface area (Å²) in [7, 11) is 1.28. The highest BCUT2D eigenvalue weighted by Gasteiger charge is 2.15. The molecule has 2 rings (SSSR count). The number of benzene rings is 1. The molecule has 0 bridgehead atoms. The summed E-state index contributed by atoms with van der Waals surface area (Å²) in [6.45, 7) is 6.23.